The predicted octanol–water partition coefficient (Wildman–Crippen LogP) is 6.76. The molecule has 2 aliphatic rings. The van der Waals surface area contributed by atoms with Gasteiger partial charge in [-0.3, -0.25) is 14.9 Å². The summed E-state index contributed by atoms with van der Waals surface area (Å²) >= 11 is 0. The molecule has 0 saturated carbocycles. The van der Waals surface area contributed by atoms with Crippen molar-refractivity contribution in [3.63, 3.8) is 0 Å². The van der Waals surface area contributed by atoms with Gasteiger partial charge in [-0.15, -0.1) is 12.2 Å². The standard InChI is InChI=1S/C43H48N6O3.Zn/c1-5-48(6-2)34-16-19-37-40(28-34)52-41-29-35(49(7-3)8-4)17-20-38(41)42(37)36-18-15-32(27-39(36)43(50)51)46-24-26-47(30-33-14-10-12-23-45-33)25-21-31-13-9-11-22-44-31;/h9-20,22-23,27-29H,5-8,21,24-26,30H2,1-4H3,(H,50,51);/q;+2/p-1. The van der Waals surface area contributed by atoms with Crippen molar-refractivity contribution in [3.8, 4) is 22.5 Å². The molecule has 2 aromatic heterocycles. The monoisotopic (exact) mass is 759 g/mol. The van der Waals surface area contributed by atoms with Crippen molar-refractivity contribution >= 4 is 28.3 Å². The fourth-order valence-corrected chi connectivity index (χ4v) is 6.88. The maximum absolute atomic E-state index is 12.9. The minimum absolute atomic E-state index is 0. The van der Waals surface area contributed by atoms with E-state index in [-0.39, 0.29) is 25.0 Å². The van der Waals surface area contributed by atoms with Gasteiger partial charge in [-0.05, 0) is 82.3 Å². The molecule has 0 N–H and O–H groups in total. The summed E-state index contributed by atoms with van der Waals surface area (Å²) in [7, 11) is 0. The second kappa shape index (κ2) is 18.7. The Labute approximate surface area is 325 Å². The van der Waals surface area contributed by atoms with E-state index in [9.17, 15) is 9.90 Å². The maximum atomic E-state index is 12.9. The molecular weight excluding hydrogens is 714 g/mol. The van der Waals surface area contributed by atoms with Gasteiger partial charge in [0.2, 0.25) is 5.36 Å². The molecule has 0 atom stereocenters. The zero-order valence-electron chi connectivity index (χ0n) is 31.3. The van der Waals surface area contributed by atoms with Gasteiger partial charge in [0, 0.05) is 90.6 Å². The summed E-state index contributed by atoms with van der Waals surface area (Å²) in [5.41, 5.74) is 6.65. The topological polar surface area (TPSA) is 103 Å². The van der Waals surface area contributed by atoms with E-state index in [4.69, 9.17) is 9.73 Å². The van der Waals surface area contributed by atoms with Gasteiger partial charge in [-0.25, -0.2) is 4.58 Å². The third kappa shape index (κ3) is 9.37. The van der Waals surface area contributed by atoms with Crippen LogP contribution in [0.1, 0.15) is 49.4 Å². The maximum Gasteiger partial charge on any atom is 2.00 e. The van der Waals surface area contributed by atoms with Gasteiger partial charge < -0.3 is 24.5 Å². The molecule has 1 aliphatic carbocycles. The van der Waals surface area contributed by atoms with Crippen molar-refractivity contribution in [2.24, 2.45) is 0 Å². The molecule has 3 heterocycles. The number of aromatic nitrogens is 2. The fraction of sp³-hybridized carbons (Fsp3) is 0.302. The van der Waals surface area contributed by atoms with Crippen LogP contribution in [0.2, 0.25) is 0 Å². The second-order valence-corrected chi connectivity index (χ2v) is 12.7. The van der Waals surface area contributed by atoms with E-state index in [0.29, 0.717) is 42.2 Å². The number of nitrogens with zero attached hydrogens (tertiary/aromatic N) is 6. The number of anilines is 1. The molecule has 1 aliphatic heterocycles. The molecule has 0 radical (unpaired) electrons. The van der Waals surface area contributed by atoms with Crippen LogP contribution in [0.4, 0.5) is 11.4 Å². The van der Waals surface area contributed by atoms with Gasteiger partial charge in [0.15, 0.2) is 0 Å². The number of fused-ring (bicyclic) bond motifs is 2. The van der Waals surface area contributed by atoms with Crippen LogP contribution < -0.4 is 19.9 Å². The Morgan fingerprint density at radius 3 is 2.19 bits per heavy atom. The van der Waals surface area contributed by atoms with Crippen LogP contribution in [0, 0.1) is 0 Å². The summed E-state index contributed by atoms with van der Waals surface area (Å²) in [6, 6.07) is 29.6. The second-order valence-electron chi connectivity index (χ2n) is 12.7. The molecule has 0 saturated heterocycles. The quantitative estimate of drug-likeness (QED) is 0.0610. The average molecular weight is 761 g/mol. The van der Waals surface area contributed by atoms with Crippen LogP contribution in [-0.4, -0.2) is 66.7 Å². The Kier molecular flexibility index (Phi) is 13.9. The van der Waals surface area contributed by atoms with Crippen LogP contribution >= 0.6 is 0 Å². The molecule has 53 heavy (non-hydrogen) atoms. The number of hydrogen-bond acceptors (Lipinski definition) is 7. The number of carbonyl (C=O) groups is 1. The number of benzene rings is 3. The molecule has 0 bridgehead atoms. The van der Waals surface area contributed by atoms with E-state index in [1.807, 2.05) is 66.9 Å². The average Bonchev–Trinajstić information content (AvgIpc) is 3.17. The van der Waals surface area contributed by atoms with Gasteiger partial charge in [0.05, 0.1) is 17.7 Å². The molecule has 268 valence electrons. The number of carbonyl (C=O) groups excluding carboxylic acids is 1. The first-order valence-corrected chi connectivity index (χ1v) is 18.3. The van der Waals surface area contributed by atoms with Gasteiger partial charge in [-0.1, -0.05) is 30.3 Å². The van der Waals surface area contributed by atoms with Crippen LogP contribution in [0.25, 0.3) is 38.7 Å². The summed E-state index contributed by atoms with van der Waals surface area (Å²) < 4.78 is 8.88. The number of hydrogen-bond donors (Lipinski definition) is 0. The Hall–Kier alpha value is -4.92. The zero-order chi connectivity index (χ0) is 36.5. The largest absolute Gasteiger partial charge is 2.00 e. The summed E-state index contributed by atoms with van der Waals surface area (Å²) in [6.45, 7) is 14.6. The summed E-state index contributed by atoms with van der Waals surface area (Å²) in [5.74, 6) is -0.554. The minimum atomic E-state index is -1.25. The Bertz CT molecular complexity index is 2150. The number of pyridine rings is 2. The number of aromatic carboxylic acids is 1. The van der Waals surface area contributed by atoms with E-state index in [2.05, 4.69) is 76.3 Å². The van der Waals surface area contributed by atoms with Crippen molar-refractivity contribution in [1.82, 2.24) is 19.4 Å². The summed E-state index contributed by atoms with van der Waals surface area (Å²) in [4.78, 5) is 26.4. The number of carboxylic acid groups (broad SMARTS) is 1. The summed E-state index contributed by atoms with van der Waals surface area (Å²) in [6.07, 6.45) is 4.42. The van der Waals surface area contributed by atoms with Crippen molar-refractivity contribution in [1.29, 1.82) is 0 Å². The SMILES string of the molecule is CCN(CC)c1ccc2c(-c3ccc([N-]CCN(CCc4ccccn4)Cc4ccccn4)cc3C(=O)[O-])c3ccc(=[N+](CC)CC)cc-3oc2c1.[Zn+2]. The van der Waals surface area contributed by atoms with Crippen molar-refractivity contribution < 1.29 is 33.8 Å². The zero-order valence-corrected chi connectivity index (χ0v) is 34.3. The molecule has 0 unspecified atom stereocenters. The number of rotatable bonds is 16. The molecule has 0 amide bonds. The molecule has 6 rings (SSSR count). The van der Waals surface area contributed by atoms with E-state index in [1.165, 1.54) is 0 Å². The van der Waals surface area contributed by atoms with Crippen molar-refractivity contribution in [2.45, 2.75) is 40.7 Å². The molecule has 0 fully saturated rings. The first-order valence-electron chi connectivity index (χ1n) is 18.3. The third-order valence-electron chi connectivity index (χ3n) is 9.67. The van der Waals surface area contributed by atoms with Crippen molar-refractivity contribution in [2.75, 3.05) is 50.7 Å². The van der Waals surface area contributed by atoms with Gasteiger partial charge in [-0.2, -0.15) is 0 Å². The fourth-order valence-electron chi connectivity index (χ4n) is 6.88. The molecule has 10 heteroatoms. The van der Waals surface area contributed by atoms with Crippen molar-refractivity contribution in [3.05, 3.63) is 131 Å². The number of carboxylic acids is 1. The molecule has 2 aromatic carbocycles. The van der Waals surface area contributed by atoms with E-state index in [0.717, 1.165) is 78.1 Å². The molecule has 0 spiro atoms. The predicted molar refractivity (Wildman–Crippen MR) is 208 cm³/mol. The Morgan fingerprint density at radius 2 is 1.53 bits per heavy atom. The van der Waals surface area contributed by atoms with Gasteiger partial charge >= 0.3 is 19.5 Å². The van der Waals surface area contributed by atoms with E-state index in [1.54, 1.807) is 12.3 Å². The van der Waals surface area contributed by atoms with Crippen LogP contribution in [0.3, 0.4) is 0 Å². The summed E-state index contributed by atoms with van der Waals surface area (Å²) in [5, 5.41) is 19.6. The third-order valence-corrected chi connectivity index (χ3v) is 9.67. The first-order chi connectivity index (χ1) is 25.4. The molecule has 9 nitrogen and oxygen atoms in total. The normalized spacial score (nSPS) is 11.1. The van der Waals surface area contributed by atoms with Gasteiger partial charge in [0.25, 0.3) is 0 Å². The van der Waals surface area contributed by atoms with Crippen LogP contribution in [-0.2, 0) is 32.4 Å². The van der Waals surface area contributed by atoms with E-state index >= 15 is 0 Å². The molecule has 4 aromatic rings. The Morgan fingerprint density at radius 1 is 0.811 bits per heavy atom. The van der Waals surface area contributed by atoms with Gasteiger partial charge in [0.1, 0.15) is 24.4 Å². The smallest absolute Gasteiger partial charge is 0.683 e. The minimum Gasteiger partial charge on any atom is -0.683 e. The van der Waals surface area contributed by atoms with E-state index < -0.39 is 5.97 Å². The first kappa shape index (κ1) is 39.3. The molecular formula is C43H47N6O3Zn+. The van der Waals surface area contributed by atoms with Crippen LogP contribution in [0.15, 0.2) is 108 Å². The Balaban J connectivity index is 0.00000541. The van der Waals surface area contributed by atoms with Crippen LogP contribution in [0.5, 0.6) is 0 Å².